The van der Waals surface area contributed by atoms with Gasteiger partial charge in [-0.3, -0.25) is 9.69 Å². The maximum atomic E-state index is 15.2. The Morgan fingerprint density at radius 1 is 1.10 bits per heavy atom. The van der Waals surface area contributed by atoms with E-state index in [4.69, 9.17) is 0 Å². The van der Waals surface area contributed by atoms with E-state index in [1.54, 1.807) is 43.1 Å². The quantitative estimate of drug-likeness (QED) is 0.285. The minimum atomic E-state index is -1.03. The topological polar surface area (TPSA) is 111 Å². The van der Waals surface area contributed by atoms with Crippen molar-refractivity contribution in [1.29, 1.82) is 0 Å². The van der Waals surface area contributed by atoms with Gasteiger partial charge in [0.05, 0.1) is 35.1 Å². The van der Waals surface area contributed by atoms with Crippen molar-refractivity contribution in [3.05, 3.63) is 73.1 Å². The fraction of sp³-hybridized carbons (Fsp3) is 0.286. The van der Waals surface area contributed by atoms with Crippen molar-refractivity contribution in [3.8, 4) is 11.3 Å². The third kappa shape index (κ3) is 5.92. The summed E-state index contributed by atoms with van der Waals surface area (Å²) < 4.78 is 31.8. The summed E-state index contributed by atoms with van der Waals surface area (Å²) in [7, 11) is 0. The molecule has 1 fully saturated rings. The number of rotatable bonds is 8. The summed E-state index contributed by atoms with van der Waals surface area (Å²) in [5, 5.41) is 20.0. The number of amides is 1. The van der Waals surface area contributed by atoms with Gasteiger partial charge in [0.15, 0.2) is 17.3 Å². The largest absolute Gasteiger partial charge is 0.389 e. The number of halogens is 2. The summed E-state index contributed by atoms with van der Waals surface area (Å²) in [5.74, 6) is -2.27. The second-order valence-electron chi connectivity index (χ2n) is 10.2. The number of β-amino-alcohol motifs (C(OH)–C–C–N with tert-alkyl or cyclic N) is 1. The Kier molecular flexibility index (Phi) is 7.46. The molecular weight excluding hydrogens is 518 g/mol. The highest BCUT2D eigenvalue weighted by molar-refractivity contribution is 5.99. The van der Waals surface area contributed by atoms with E-state index in [1.165, 1.54) is 28.9 Å². The number of imidazole rings is 1. The highest BCUT2D eigenvalue weighted by Crippen LogP contribution is 2.30. The Bertz CT molecular complexity index is 1560. The molecule has 0 unspecified atom stereocenters. The lowest BCUT2D eigenvalue weighted by Crippen LogP contribution is -2.50. The smallest absolute Gasteiger partial charge is 0.247 e. The van der Waals surface area contributed by atoms with Crippen LogP contribution in [0, 0.1) is 11.6 Å². The van der Waals surface area contributed by atoms with Gasteiger partial charge >= 0.3 is 0 Å². The van der Waals surface area contributed by atoms with Crippen molar-refractivity contribution >= 4 is 34.6 Å². The fourth-order valence-electron chi connectivity index (χ4n) is 4.69. The molecule has 4 aromatic rings. The van der Waals surface area contributed by atoms with Crippen LogP contribution in [-0.4, -0.2) is 73.8 Å². The predicted octanol–water partition coefficient (Wildman–Crippen LogP) is 3.83. The van der Waals surface area contributed by atoms with E-state index < -0.39 is 17.2 Å². The van der Waals surface area contributed by atoms with Crippen molar-refractivity contribution in [3.63, 3.8) is 0 Å². The molecule has 0 spiro atoms. The van der Waals surface area contributed by atoms with Crippen LogP contribution in [0.2, 0.25) is 0 Å². The van der Waals surface area contributed by atoms with Crippen LogP contribution >= 0.6 is 0 Å². The molecule has 12 heteroatoms. The number of carbonyl (C=O) groups excluding carboxylic acids is 1. The number of anilines is 4. The van der Waals surface area contributed by atoms with Crippen LogP contribution in [0.3, 0.4) is 0 Å². The number of aliphatic hydroxyl groups is 1. The van der Waals surface area contributed by atoms with Crippen LogP contribution < -0.4 is 15.5 Å². The third-order valence-electron chi connectivity index (χ3n) is 6.50. The Morgan fingerprint density at radius 2 is 1.88 bits per heavy atom. The Labute approximate surface area is 230 Å². The van der Waals surface area contributed by atoms with Crippen LogP contribution in [0.25, 0.3) is 16.9 Å². The zero-order chi connectivity index (χ0) is 28.4. The van der Waals surface area contributed by atoms with E-state index in [2.05, 4.69) is 37.2 Å². The molecule has 1 aliphatic heterocycles. The highest BCUT2D eigenvalue weighted by atomic mass is 19.2. The monoisotopic (exact) mass is 548 g/mol. The maximum Gasteiger partial charge on any atom is 0.247 e. The molecule has 10 nitrogen and oxygen atoms in total. The maximum absolute atomic E-state index is 15.2. The minimum absolute atomic E-state index is 0.0501. The zero-order valence-corrected chi connectivity index (χ0v) is 22.2. The molecule has 0 saturated carbocycles. The Morgan fingerprint density at radius 3 is 2.60 bits per heavy atom. The highest BCUT2D eigenvalue weighted by Gasteiger charge is 2.25. The zero-order valence-electron chi connectivity index (χ0n) is 22.2. The van der Waals surface area contributed by atoms with Crippen molar-refractivity contribution in [2.24, 2.45) is 0 Å². The second kappa shape index (κ2) is 11.0. The first kappa shape index (κ1) is 27.2. The molecule has 3 heterocycles. The molecule has 0 bridgehead atoms. The lowest BCUT2D eigenvalue weighted by atomic mass is 10.1. The lowest BCUT2D eigenvalue weighted by Gasteiger charge is -2.38. The number of piperazine rings is 1. The Balaban J connectivity index is 1.34. The summed E-state index contributed by atoms with van der Waals surface area (Å²) in [4.78, 5) is 24.1. The number of fused-ring (bicyclic) bond motifs is 1. The van der Waals surface area contributed by atoms with Crippen molar-refractivity contribution in [2.45, 2.75) is 19.4 Å². The van der Waals surface area contributed by atoms with E-state index in [1.807, 2.05) is 6.07 Å². The van der Waals surface area contributed by atoms with E-state index in [-0.39, 0.29) is 23.2 Å². The summed E-state index contributed by atoms with van der Waals surface area (Å²) in [6, 6.07) is 10.1. The molecule has 3 N–H and O–H groups in total. The van der Waals surface area contributed by atoms with Crippen LogP contribution in [0.5, 0.6) is 0 Å². The van der Waals surface area contributed by atoms with Crippen LogP contribution in [0.1, 0.15) is 13.8 Å². The number of hydrogen-bond acceptors (Lipinski definition) is 8. The average molecular weight is 549 g/mol. The predicted molar refractivity (Wildman–Crippen MR) is 150 cm³/mol. The number of benzene rings is 2. The van der Waals surface area contributed by atoms with Gasteiger partial charge in [-0.05, 0) is 44.2 Å². The van der Waals surface area contributed by atoms with E-state index in [0.717, 1.165) is 5.56 Å². The number of nitrogens with zero attached hydrogens (tertiary/aromatic N) is 6. The Hall–Kier alpha value is -4.42. The van der Waals surface area contributed by atoms with Gasteiger partial charge in [-0.2, -0.15) is 0 Å². The lowest BCUT2D eigenvalue weighted by molar-refractivity contribution is -0.111. The van der Waals surface area contributed by atoms with Gasteiger partial charge in [0.25, 0.3) is 0 Å². The van der Waals surface area contributed by atoms with Crippen LogP contribution in [0.4, 0.5) is 31.8 Å². The summed E-state index contributed by atoms with van der Waals surface area (Å²) in [6.45, 7) is 9.77. The normalized spacial score (nSPS) is 14.4. The van der Waals surface area contributed by atoms with Crippen molar-refractivity contribution in [2.75, 3.05) is 48.3 Å². The van der Waals surface area contributed by atoms with Gasteiger partial charge in [-0.15, -0.1) is 5.10 Å². The molecule has 1 aliphatic rings. The number of carbonyl (C=O) groups is 1. The molecule has 0 radical (unpaired) electrons. The molecule has 0 atom stereocenters. The van der Waals surface area contributed by atoms with Crippen molar-refractivity contribution < 1.29 is 18.7 Å². The summed E-state index contributed by atoms with van der Waals surface area (Å²) >= 11 is 0. The molecule has 208 valence electrons. The summed E-state index contributed by atoms with van der Waals surface area (Å²) in [5.41, 5.74) is 1.62. The third-order valence-corrected chi connectivity index (χ3v) is 6.50. The molecular formula is C28H30F2N8O2. The standard InChI is InChI=1S/C28H30F2N8O2/c1-4-24(39)33-19-7-5-6-18(14-19)22-15-31-23-16-32-27(35-38(22)23)34-20-8-9-21(26(30)25(20)29)37-12-10-36(11-13-37)17-28(2,3)40/h4-9,14-16,40H,1,10-13,17H2,2-3H3,(H,33,39)(H,34,35). The molecule has 1 saturated heterocycles. The van der Waals surface area contributed by atoms with E-state index in [0.29, 0.717) is 49.8 Å². The van der Waals surface area contributed by atoms with Crippen LogP contribution in [-0.2, 0) is 4.79 Å². The van der Waals surface area contributed by atoms with Gasteiger partial charge in [0.2, 0.25) is 11.9 Å². The second-order valence-corrected chi connectivity index (χ2v) is 10.2. The SMILES string of the molecule is C=CC(=O)Nc1cccc(-c2cnc3cnc(Nc4ccc(N5CCN(CC(C)(C)O)CC5)c(F)c4F)nn23)c1. The van der Waals surface area contributed by atoms with E-state index >= 15 is 8.78 Å². The van der Waals surface area contributed by atoms with Gasteiger partial charge in [-0.1, -0.05) is 18.7 Å². The number of aromatic nitrogens is 4. The van der Waals surface area contributed by atoms with Gasteiger partial charge in [0.1, 0.15) is 0 Å². The first-order chi connectivity index (χ1) is 19.1. The number of hydrogen-bond donors (Lipinski definition) is 3. The van der Waals surface area contributed by atoms with Gasteiger partial charge in [-0.25, -0.2) is 23.3 Å². The molecule has 5 rings (SSSR count). The van der Waals surface area contributed by atoms with Gasteiger partial charge in [0, 0.05) is 44.0 Å². The molecule has 40 heavy (non-hydrogen) atoms. The minimum Gasteiger partial charge on any atom is -0.389 e. The first-order valence-electron chi connectivity index (χ1n) is 12.8. The molecule has 2 aromatic carbocycles. The number of nitrogens with one attached hydrogen (secondary N) is 2. The summed E-state index contributed by atoms with van der Waals surface area (Å²) in [6.07, 6.45) is 4.26. The molecule has 2 aromatic heterocycles. The molecule has 1 amide bonds. The first-order valence-corrected chi connectivity index (χ1v) is 12.8. The average Bonchev–Trinajstić information content (AvgIpc) is 3.35. The molecule has 0 aliphatic carbocycles. The van der Waals surface area contributed by atoms with Crippen LogP contribution in [0.15, 0.2) is 61.4 Å². The fourth-order valence-corrected chi connectivity index (χ4v) is 4.69. The van der Waals surface area contributed by atoms with E-state index in [9.17, 15) is 9.90 Å². The van der Waals surface area contributed by atoms with Crippen molar-refractivity contribution in [1.82, 2.24) is 24.5 Å². The van der Waals surface area contributed by atoms with Gasteiger partial charge < -0.3 is 20.6 Å².